The van der Waals surface area contributed by atoms with E-state index < -0.39 is 18.0 Å². The molecule has 3 N–H and O–H groups in total. The Bertz CT molecular complexity index is 512. The van der Waals surface area contributed by atoms with Gasteiger partial charge in [-0.3, -0.25) is 0 Å². The number of benzene rings is 1. The highest BCUT2D eigenvalue weighted by Gasteiger charge is 2.29. The molecule has 2 atom stereocenters. The van der Waals surface area contributed by atoms with Crippen molar-refractivity contribution in [3.8, 4) is 0 Å². The second-order valence-corrected chi connectivity index (χ2v) is 5.19. The van der Waals surface area contributed by atoms with E-state index in [1.165, 1.54) is 6.07 Å². The zero-order valence-electron chi connectivity index (χ0n) is 11.9. The maximum absolute atomic E-state index is 14.2. The van der Waals surface area contributed by atoms with Gasteiger partial charge in [0.2, 0.25) is 0 Å². The molecule has 0 aromatic heterocycles. The molecule has 1 heterocycles. The first kappa shape index (κ1) is 17.0. The van der Waals surface area contributed by atoms with E-state index >= 15 is 0 Å². The Morgan fingerprint density at radius 3 is 3.14 bits per heavy atom. The molecule has 1 aliphatic heterocycles. The molecule has 1 amide bonds. The van der Waals surface area contributed by atoms with Gasteiger partial charge in [0.15, 0.2) is 0 Å². The van der Waals surface area contributed by atoms with Crippen molar-refractivity contribution in [3.63, 3.8) is 0 Å². The van der Waals surface area contributed by atoms with E-state index in [0.717, 1.165) is 6.54 Å². The summed E-state index contributed by atoms with van der Waals surface area (Å²) in [6.07, 6.45) is -2.17. The van der Waals surface area contributed by atoms with Gasteiger partial charge in [0.05, 0.1) is 18.2 Å². The van der Waals surface area contributed by atoms with Crippen LogP contribution in [0.3, 0.4) is 0 Å². The number of rotatable bonds is 6. The summed E-state index contributed by atoms with van der Waals surface area (Å²) in [7, 11) is 0. The van der Waals surface area contributed by atoms with Crippen molar-refractivity contribution < 1.29 is 23.8 Å². The van der Waals surface area contributed by atoms with E-state index in [0.29, 0.717) is 18.7 Å². The van der Waals surface area contributed by atoms with Crippen LogP contribution < -0.4 is 10.6 Å². The van der Waals surface area contributed by atoms with Crippen molar-refractivity contribution in [1.29, 1.82) is 0 Å². The average molecular weight is 333 g/mol. The number of carboxylic acid groups (broad SMARTS) is 1. The highest BCUT2D eigenvalue weighted by Crippen LogP contribution is 2.29. The Morgan fingerprint density at radius 2 is 2.45 bits per heavy atom. The minimum absolute atomic E-state index is 0.0125. The molecule has 1 fully saturated rings. The molecule has 0 saturated carbocycles. The molecule has 122 valence electrons. The Hall–Kier alpha value is -1.41. The van der Waals surface area contributed by atoms with Crippen molar-refractivity contribution in [1.82, 2.24) is 10.6 Å². The molecular weight excluding hydrogens is 315 g/mol. The zero-order chi connectivity index (χ0) is 15.9. The van der Waals surface area contributed by atoms with Crippen molar-refractivity contribution in [3.05, 3.63) is 34.6 Å². The smallest absolute Gasteiger partial charge is 0.404 e. The maximum Gasteiger partial charge on any atom is 0.404 e. The van der Waals surface area contributed by atoms with Crippen molar-refractivity contribution >= 4 is 17.7 Å². The van der Waals surface area contributed by atoms with Crippen LogP contribution in [0.25, 0.3) is 0 Å². The van der Waals surface area contributed by atoms with Crippen LogP contribution in [0.5, 0.6) is 0 Å². The predicted octanol–water partition coefficient (Wildman–Crippen LogP) is 1.79. The molecule has 0 bridgehead atoms. The number of amides is 1. The molecule has 0 radical (unpaired) electrons. The lowest BCUT2D eigenvalue weighted by Gasteiger charge is -2.31. The highest BCUT2D eigenvalue weighted by atomic mass is 35.5. The Labute approximate surface area is 132 Å². The van der Waals surface area contributed by atoms with Gasteiger partial charge < -0.3 is 25.2 Å². The number of ether oxygens (including phenoxy) is 2. The first-order valence-electron chi connectivity index (χ1n) is 6.94. The summed E-state index contributed by atoms with van der Waals surface area (Å²) < 4.78 is 25.5. The van der Waals surface area contributed by atoms with Crippen LogP contribution in [0.15, 0.2) is 18.2 Å². The molecule has 1 saturated heterocycles. The molecule has 6 nitrogen and oxygen atoms in total. The number of nitrogens with one attached hydrogen (secondary N) is 2. The van der Waals surface area contributed by atoms with Gasteiger partial charge in [-0.1, -0.05) is 23.7 Å². The van der Waals surface area contributed by atoms with Gasteiger partial charge in [-0.2, -0.15) is 0 Å². The lowest BCUT2D eigenvalue weighted by molar-refractivity contribution is -0.0864. The van der Waals surface area contributed by atoms with E-state index in [4.69, 9.17) is 26.2 Å². The molecular formula is C14H18ClFN2O4. The summed E-state index contributed by atoms with van der Waals surface area (Å²) >= 11 is 5.82. The van der Waals surface area contributed by atoms with Gasteiger partial charge in [-0.25, -0.2) is 9.18 Å². The second-order valence-electron chi connectivity index (χ2n) is 4.78. The normalized spacial score (nSPS) is 19.6. The monoisotopic (exact) mass is 332 g/mol. The molecule has 2 rings (SSSR count). The standard InChI is InChI=1S/C14H18ClFN2O4/c15-10-3-1-2-9(12(10)16)13(11-8-17-4-6-21-11)22-7-5-18-14(19)20/h1-3,11,13,17-18H,4-8H2,(H,19,20)/t11?,13-/m0/s1. The van der Waals surface area contributed by atoms with Crippen molar-refractivity contribution in [2.24, 2.45) is 0 Å². The number of halogens is 2. The molecule has 8 heteroatoms. The van der Waals surface area contributed by atoms with E-state index in [1.54, 1.807) is 12.1 Å². The second kappa shape index (κ2) is 8.28. The Balaban J connectivity index is 2.10. The summed E-state index contributed by atoms with van der Waals surface area (Å²) in [5, 5.41) is 13.9. The SMILES string of the molecule is O=C(O)NCCO[C@@H](c1cccc(Cl)c1F)C1CNCCO1. The fourth-order valence-corrected chi connectivity index (χ4v) is 2.44. The third kappa shape index (κ3) is 4.54. The van der Waals surface area contributed by atoms with Crippen LogP contribution in [0.2, 0.25) is 5.02 Å². The van der Waals surface area contributed by atoms with Crippen LogP contribution in [0.1, 0.15) is 11.7 Å². The zero-order valence-corrected chi connectivity index (χ0v) is 12.6. The van der Waals surface area contributed by atoms with Gasteiger partial charge in [-0.05, 0) is 6.07 Å². The number of hydrogen-bond donors (Lipinski definition) is 3. The molecule has 0 aliphatic carbocycles. The molecule has 0 spiro atoms. The third-order valence-electron chi connectivity index (χ3n) is 3.26. The largest absolute Gasteiger partial charge is 0.465 e. The van der Waals surface area contributed by atoms with Crippen LogP contribution in [-0.2, 0) is 9.47 Å². The Morgan fingerprint density at radius 1 is 1.64 bits per heavy atom. The number of morpholine rings is 1. The first-order chi connectivity index (χ1) is 10.6. The minimum Gasteiger partial charge on any atom is -0.465 e. The Kier molecular flexibility index (Phi) is 6.38. The van der Waals surface area contributed by atoms with Crippen LogP contribution in [0, 0.1) is 5.82 Å². The highest BCUT2D eigenvalue weighted by molar-refractivity contribution is 6.30. The van der Waals surface area contributed by atoms with Crippen LogP contribution in [0.4, 0.5) is 9.18 Å². The summed E-state index contributed by atoms with van der Waals surface area (Å²) in [6.45, 7) is 1.95. The van der Waals surface area contributed by atoms with Crippen LogP contribution in [-0.4, -0.2) is 50.2 Å². The van der Waals surface area contributed by atoms with Crippen molar-refractivity contribution in [2.75, 3.05) is 32.8 Å². The van der Waals surface area contributed by atoms with Gasteiger partial charge >= 0.3 is 6.09 Å². The van der Waals surface area contributed by atoms with Gasteiger partial charge in [-0.15, -0.1) is 0 Å². The van der Waals surface area contributed by atoms with Gasteiger partial charge in [0.25, 0.3) is 0 Å². The van der Waals surface area contributed by atoms with E-state index in [2.05, 4.69) is 10.6 Å². The molecule has 1 aliphatic rings. The molecule has 22 heavy (non-hydrogen) atoms. The molecule has 1 aromatic rings. The maximum atomic E-state index is 14.2. The minimum atomic E-state index is -1.13. The average Bonchev–Trinajstić information content (AvgIpc) is 2.51. The van der Waals surface area contributed by atoms with E-state index in [9.17, 15) is 9.18 Å². The fourth-order valence-electron chi connectivity index (χ4n) is 2.26. The summed E-state index contributed by atoms with van der Waals surface area (Å²) in [6, 6.07) is 4.70. The number of hydrogen-bond acceptors (Lipinski definition) is 4. The summed E-state index contributed by atoms with van der Waals surface area (Å²) in [5.41, 5.74) is 0.302. The first-order valence-corrected chi connectivity index (χ1v) is 7.32. The quantitative estimate of drug-likeness (QED) is 0.692. The predicted molar refractivity (Wildman–Crippen MR) is 78.7 cm³/mol. The topological polar surface area (TPSA) is 79.8 Å². The van der Waals surface area contributed by atoms with E-state index in [-0.39, 0.29) is 24.3 Å². The number of carbonyl (C=O) groups is 1. The van der Waals surface area contributed by atoms with Gasteiger partial charge in [0, 0.05) is 25.2 Å². The molecule has 1 unspecified atom stereocenters. The van der Waals surface area contributed by atoms with Crippen LogP contribution >= 0.6 is 11.6 Å². The van der Waals surface area contributed by atoms with Gasteiger partial charge in [0.1, 0.15) is 18.0 Å². The van der Waals surface area contributed by atoms with Crippen molar-refractivity contribution in [2.45, 2.75) is 12.2 Å². The van der Waals surface area contributed by atoms with E-state index in [1.807, 2.05) is 0 Å². The summed E-state index contributed by atoms with van der Waals surface area (Å²) in [4.78, 5) is 10.4. The fraction of sp³-hybridized carbons (Fsp3) is 0.500. The molecule has 1 aromatic carbocycles. The summed E-state index contributed by atoms with van der Waals surface area (Å²) in [5.74, 6) is -0.547. The lowest BCUT2D eigenvalue weighted by atomic mass is 10.0. The third-order valence-corrected chi connectivity index (χ3v) is 3.55. The lowest BCUT2D eigenvalue weighted by Crippen LogP contribution is -2.43.